The van der Waals surface area contributed by atoms with Gasteiger partial charge in [0.25, 0.3) is 0 Å². The molecule has 1 aliphatic rings. The summed E-state index contributed by atoms with van der Waals surface area (Å²) in [6, 6.07) is 8.55. The van der Waals surface area contributed by atoms with Crippen molar-refractivity contribution < 1.29 is 18.0 Å². The number of rotatable bonds is 3. The molecule has 0 aliphatic carbocycles. The third-order valence-electron chi connectivity index (χ3n) is 3.12. The minimum atomic E-state index is -4.26. The van der Waals surface area contributed by atoms with E-state index in [1.807, 2.05) is 6.07 Å². The first-order valence-corrected chi connectivity index (χ1v) is 6.07. The van der Waals surface area contributed by atoms with Gasteiger partial charge in [0.2, 0.25) is 5.91 Å². The lowest BCUT2D eigenvalue weighted by Gasteiger charge is -2.25. The molecule has 0 saturated carbocycles. The van der Waals surface area contributed by atoms with Gasteiger partial charge in [0.15, 0.2) is 0 Å². The highest BCUT2D eigenvalue weighted by molar-refractivity contribution is 5.84. The SMILES string of the molecule is CC1NC(c2ccccc2)N(CCC(F)(F)F)C1=O. The molecule has 2 rings (SSSR count). The highest BCUT2D eigenvalue weighted by Gasteiger charge is 2.39. The molecule has 104 valence electrons. The molecule has 1 aromatic rings. The first kappa shape index (κ1) is 13.9. The molecule has 1 aromatic carbocycles. The highest BCUT2D eigenvalue weighted by Crippen LogP contribution is 2.28. The van der Waals surface area contributed by atoms with Gasteiger partial charge in [-0.3, -0.25) is 10.1 Å². The van der Waals surface area contributed by atoms with Crippen molar-refractivity contribution in [2.24, 2.45) is 0 Å². The van der Waals surface area contributed by atoms with Crippen molar-refractivity contribution in [2.75, 3.05) is 6.54 Å². The second kappa shape index (κ2) is 5.21. The van der Waals surface area contributed by atoms with Crippen LogP contribution in [-0.2, 0) is 4.79 Å². The van der Waals surface area contributed by atoms with Crippen LogP contribution in [0.2, 0.25) is 0 Å². The number of hydrogen-bond acceptors (Lipinski definition) is 2. The first-order chi connectivity index (χ1) is 8.88. The lowest BCUT2D eigenvalue weighted by Crippen LogP contribution is -2.33. The summed E-state index contributed by atoms with van der Waals surface area (Å²) in [6.07, 6.45) is -5.73. The molecule has 0 aromatic heterocycles. The zero-order valence-corrected chi connectivity index (χ0v) is 10.4. The molecular formula is C13H15F3N2O. The summed E-state index contributed by atoms with van der Waals surface area (Å²) in [7, 11) is 0. The quantitative estimate of drug-likeness (QED) is 0.916. The molecule has 1 fully saturated rings. The van der Waals surface area contributed by atoms with E-state index >= 15 is 0 Å². The molecule has 1 N–H and O–H groups in total. The van der Waals surface area contributed by atoms with Gasteiger partial charge in [-0.05, 0) is 12.5 Å². The second-order valence-corrected chi connectivity index (χ2v) is 4.60. The largest absolute Gasteiger partial charge is 0.390 e. The fraction of sp³-hybridized carbons (Fsp3) is 0.462. The van der Waals surface area contributed by atoms with Crippen LogP contribution in [0.4, 0.5) is 13.2 Å². The predicted octanol–water partition coefficient (Wildman–Crippen LogP) is 2.46. The molecule has 19 heavy (non-hydrogen) atoms. The van der Waals surface area contributed by atoms with Gasteiger partial charge in [-0.25, -0.2) is 0 Å². The maximum Gasteiger partial charge on any atom is 0.390 e. The molecule has 0 spiro atoms. The lowest BCUT2D eigenvalue weighted by atomic mass is 10.1. The number of hydrogen-bond donors (Lipinski definition) is 1. The van der Waals surface area contributed by atoms with Crippen LogP contribution >= 0.6 is 0 Å². The van der Waals surface area contributed by atoms with E-state index in [9.17, 15) is 18.0 Å². The van der Waals surface area contributed by atoms with Crippen LogP contribution in [0.15, 0.2) is 30.3 Å². The molecule has 1 amide bonds. The predicted molar refractivity (Wildman–Crippen MR) is 64.2 cm³/mol. The van der Waals surface area contributed by atoms with Gasteiger partial charge in [0.1, 0.15) is 6.17 Å². The van der Waals surface area contributed by atoms with Crippen molar-refractivity contribution >= 4 is 5.91 Å². The van der Waals surface area contributed by atoms with E-state index in [4.69, 9.17) is 0 Å². The van der Waals surface area contributed by atoms with E-state index < -0.39 is 24.8 Å². The van der Waals surface area contributed by atoms with Crippen LogP contribution in [0.3, 0.4) is 0 Å². The average molecular weight is 272 g/mol. The number of amides is 1. The van der Waals surface area contributed by atoms with Gasteiger partial charge in [-0.15, -0.1) is 0 Å². The van der Waals surface area contributed by atoms with Crippen molar-refractivity contribution in [1.82, 2.24) is 10.2 Å². The Kier molecular flexibility index (Phi) is 3.80. The summed E-state index contributed by atoms with van der Waals surface area (Å²) >= 11 is 0. The zero-order chi connectivity index (χ0) is 14.0. The first-order valence-electron chi connectivity index (χ1n) is 6.07. The number of halogens is 3. The van der Waals surface area contributed by atoms with E-state index in [2.05, 4.69) is 5.32 Å². The van der Waals surface area contributed by atoms with Crippen LogP contribution < -0.4 is 5.32 Å². The monoisotopic (exact) mass is 272 g/mol. The Morgan fingerprint density at radius 1 is 1.26 bits per heavy atom. The minimum Gasteiger partial charge on any atom is -0.321 e. The molecule has 0 radical (unpaired) electrons. The van der Waals surface area contributed by atoms with E-state index in [1.165, 1.54) is 4.90 Å². The fourth-order valence-corrected chi connectivity index (χ4v) is 2.17. The van der Waals surface area contributed by atoms with Crippen molar-refractivity contribution in [3.8, 4) is 0 Å². The molecule has 1 aliphatic heterocycles. The molecular weight excluding hydrogens is 257 g/mol. The second-order valence-electron chi connectivity index (χ2n) is 4.60. The topological polar surface area (TPSA) is 32.3 Å². The summed E-state index contributed by atoms with van der Waals surface area (Å²) in [5, 5.41) is 3.02. The highest BCUT2D eigenvalue weighted by atomic mass is 19.4. The fourth-order valence-electron chi connectivity index (χ4n) is 2.17. The summed E-state index contributed by atoms with van der Waals surface area (Å²) in [6.45, 7) is 1.34. The molecule has 1 saturated heterocycles. The number of benzene rings is 1. The molecule has 3 nitrogen and oxygen atoms in total. The third kappa shape index (κ3) is 3.26. The van der Waals surface area contributed by atoms with E-state index in [-0.39, 0.29) is 12.5 Å². The number of carbonyl (C=O) groups is 1. The van der Waals surface area contributed by atoms with Crippen molar-refractivity contribution in [1.29, 1.82) is 0 Å². The van der Waals surface area contributed by atoms with Gasteiger partial charge in [0.05, 0.1) is 12.5 Å². The van der Waals surface area contributed by atoms with E-state index in [0.717, 1.165) is 5.56 Å². The van der Waals surface area contributed by atoms with Gasteiger partial charge in [0, 0.05) is 6.54 Å². The Morgan fingerprint density at radius 3 is 2.47 bits per heavy atom. The van der Waals surface area contributed by atoms with Crippen LogP contribution in [0.5, 0.6) is 0 Å². The van der Waals surface area contributed by atoms with Gasteiger partial charge >= 0.3 is 6.18 Å². The average Bonchev–Trinajstić information content (AvgIpc) is 2.64. The van der Waals surface area contributed by atoms with Crippen molar-refractivity contribution in [2.45, 2.75) is 31.7 Å². The maximum absolute atomic E-state index is 12.3. The number of nitrogens with one attached hydrogen (secondary N) is 1. The molecule has 2 unspecified atom stereocenters. The third-order valence-corrected chi connectivity index (χ3v) is 3.12. The summed E-state index contributed by atoms with van der Waals surface area (Å²) < 4.78 is 36.9. The van der Waals surface area contributed by atoms with Crippen molar-refractivity contribution in [3.63, 3.8) is 0 Å². The Balaban J connectivity index is 2.15. The van der Waals surface area contributed by atoms with Gasteiger partial charge < -0.3 is 4.90 Å². The normalized spacial score (nSPS) is 24.0. The van der Waals surface area contributed by atoms with Crippen LogP contribution in [0.1, 0.15) is 25.1 Å². The standard InChI is InChI=1S/C13H15F3N2O/c1-9-12(19)18(8-7-13(14,15)16)11(17-9)10-5-3-2-4-6-10/h2-6,9,11,17H,7-8H2,1H3. The van der Waals surface area contributed by atoms with E-state index in [1.54, 1.807) is 31.2 Å². The Morgan fingerprint density at radius 2 is 1.89 bits per heavy atom. The van der Waals surface area contributed by atoms with E-state index in [0.29, 0.717) is 0 Å². The lowest BCUT2D eigenvalue weighted by molar-refractivity contribution is -0.145. The van der Waals surface area contributed by atoms with Crippen LogP contribution in [0, 0.1) is 0 Å². The molecule has 6 heteroatoms. The number of carbonyl (C=O) groups excluding carboxylic acids is 1. The summed E-state index contributed by atoms with van der Waals surface area (Å²) in [4.78, 5) is 13.2. The Bertz CT molecular complexity index is 447. The smallest absolute Gasteiger partial charge is 0.321 e. The zero-order valence-electron chi connectivity index (χ0n) is 10.4. The minimum absolute atomic E-state index is 0.293. The number of alkyl halides is 3. The Hall–Kier alpha value is -1.56. The van der Waals surface area contributed by atoms with Crippen LogP contribution in [-0.4, -0.2) is 29.6 Å². The van der Waals surface area contributed by atoms with Gasteiger partial charge in [-0.2, -0.15) is 13.2 Å². The molecule has 2 atom stereocenters. The van der Waals surface area contributed by atoms with Gasteiger partial charge in [-0.1, -0.05) is 30.3 Å². The molecule has 0 bridgehead atoms. The summed E-state index contributed by atoms with van der Waals surface area (Å²) in [5.74, 6) is -0.293. The molecule has 1 heterocycles. The number of nitrogens with zero attached hydrogens (tertiary/aromatic N) is 1. The maximum atomic E-state index is 12.3. The Labute approximate surface area is 109 Å². The van der Waals surface area contributed by atoms with Crippen molar-refractivity contribution in [3.05, 3.63) is 35.9 Å². The van der Waals surface area contributed by atoms with Crippen LogP contribution in [0.25, 0.3) is 0 Å². The summed E-state index contributed by atoms with van der Waals surface area (Å²) in [5.41, 5.74) is 0.794.